The van der Waals surface area contributed by atoms with E-state index in [9.17, 15) is 0 Å². The van der Waals surface area contributed by atoms with Crippen LogP contribution >= 0.6 is 0 Å². The Hall–Kier alpha value is -0.995. The Morgan fingerprint density at radius 2 is 1.59 bits per heavy atom. The molecule has 1 heterocycles. The van der Waals surface area contributed by atoms with Crippen LogP contribution in [-0.4, -0.2) is 25.4 Å². The average Bonchev–Trinajstić information content (AvgIpc) is 2.68. The first-order valence-corrected chi connectivity index (χ1v) is 8.28. The molecular weight excluding hydrogens is 275 g/mol. The van der Waals surface area contributed by atoms with Gasteiger partial charge in [0.15, 0.2) is 0 Å². The first-order chi connectivity index (χ1) is 10.3. The predicted molar refractivity (Wildman–Crippen MR) is 91.5 cm³/mol. The maximum atomic E-state index is 6.09. The van der Waals surface area contributed by atoms with Crippen LogP contribution in [0.4, 0.5) is 0 Å². The van der Waals surface area contributed by atoms with Gasteiger partial charge in [0, 0.05) is 0 Å². The summed E-state index contributed by atoms with van der Waals surface area (Å²) < 4.78 is 17.4. The molecule has 122 valence electrons. The molecule has 1 atom stereocenters. The van der Waals surface area contributed by atoms with Crippen LogP contribution in [-0.2, 0) is 9.31 Å². The highest BCUT2D eigenvalue weighted by atomic mass is 16.7. The van der Waals surface area contributed by atoms with Gasteiger partial charge in [0.2, 0.25) is 0 Å². The van der Waals surface area contributed by atoms with Crippen molar-refractivity contribution in [3.8, 4) is 5.75 Å². The Labute approximate surface area is 135 Å². The third-order valence-electron chi connectivity index (χ3n) is 5.13. The van der Waals surface area contributed by atoms with Gasteiger partial charge in [0.1, 0.15) is 5.75 Å². The average molecular weight is 304 g/mol. The van der Waals surface area contributed by atoms with Crippen LogP contribution in [0.1, 0.15) is 58.9 Å². The number of methoxy groups -OCH3 is 1. The molecule has 0 bridgehead atoms. The molecule has 0 amide bonds. The summed E-state index contributed by atoms with van der Waals surface area (Å²) in [6, 6.07) is 8.40. The van der Waals surface area contributed by atoms with Gasteiger partial charge < -0.3 is 14.0 Å². The van der Waals surface area contributed by atoms with Crippen LogP contribution in [0.2, 0.25) is 6.32 Å². The second kappa shape index (κ2) is 6.63. The van der Waals surface area contributed by atoms with Gasteiger partial charge in [-0.3, -0.25) is 0 Å². The number of benzene rings is 1. The minimum atomic E-state index is -0.237. The third kappa shape index (κ3) is 3.66. The van der Waals surface area contributed by atoms with Crippen LogP contribution in [0.15, 0.2) is 24.3 Å². The zero-order valence-corrected chi connectivity index (χ0v) is 14.8. The second-order valence-corrected chi connectivity index (χ2v) is 7.14. The SMILES string of the molecule is CC[C@H](CCB1OC(C)(C)C(C)(C)O1)c1ccc(OC)cc1. The summed E-state index contributed by atoms with van der Waals surface area (Å²) in [5.41, 5.74) is 0.888. The molecule has 1 fully saturated rings. The van der Waals surface area contributed by atoms with Crippen LogP contribution < -0.4 is 4.74 Å². The Balaban J connectivity index is 1.94. The summed E-state index contributed by atoms with van der Waals surface area (Å²) in [5, 5.41) is 0. The lowest BCUT2D eigenvalue weighted by atomic mass is 9.77. The van der Waals surface area contributed by atoms with E-state index < -0.39 is 0 Å². The zero-order chi connectivity index (χ0) is 16.4. The van der Waals surface area contributed by atoms with Gasteiger partial charge in [-0.15, -0.1) is 0 Å². The monoisotopic (exact) mass is 304 g/mol. The highest BCUT2D eigenvalue weighted by molar-refractivity contribution is 6.45. The van der Waals surface area contributed by atoms with Crippen molar-refractivity contribution in [2.24, 2.45) is 0 Å². The minimum Gasteiger partial charge on any atom is -0.497 e. The van der Waals surface area contributed by atoms with Gasteiger partial charge in [-0.1, -0.05) is 19.1 Å². The van der Waals surface area contributed by atoms with Crippen molar-refractivity contribution in [1.82, 2.24) is 0 Å². The number of hydrogen-bond acceptors (Lipinski definition) is 3. The van der Waals surface area contributed by atoms with Gasteiger partial charge in [0.25, 0.3) is 0 Å². The molecule has 1 aliphatic heterocycles. The molecule has 3 nitrogen and oxygen atoms in total. The summed E-state index contributed by atoms with van der Waals surface area (Å²) in [5.74, 6) is 1.44. The summed E-state index contributed by atoms with van der Waals surface area (Å²) in [4.78, 5) is 0. The van der Waals surface area contributed by atoms with Crippen molar-refractivity contribution < 1.29 is 14.0 Å². The molecule has 0 aromatic heterocycles. The molecule has 1 aromatic rings. The van der Waals surface area contributed by atoms with Crippen LogP contribution in [0.25, 0.3) is 0 Å². The lowest BCUT2D eigenvalue weighted by Crippen LogP contribution is -2.41. The molecule has 1 saturated heterocycles. The summed E-state index contributed by atoms with van der Waals surface area (Å²) in [6.45, 7) is 10.7. The minimum absolute atomic E-state index is 0.0997. The lowest BCUT2D eigenvalue weighted by Gasteiger charge is -2.32. The molecule has 0 aliphatic carbocycles. The van der Waals surface area contributed by atoms with E-state index in [2.05, 4.69) is 46.8 Å². The van der Waals surface area contributed by atoms with E-state index in [-0.39, 0.29) is 18.3 Å². The van der Waals surface area contributed by atoms with E-state index in [0.717, 1.165) is 24.9 Å². The van der Waals surface area contributed by atoms with Gasteiger partial charge in [-0.25, -0.2) is 0 Å². The van der Waals surface area contributed by atoms with Crippen LogP contribution in [0.3, 0.4) is 0 Å². The van der Waals surface area contributed by atoms with Gasteiger partial charge >= 0.3 is 7.12 Å². The summed E-state index contributed by atoms with van der Waals surface area (Å²) in [7, 11) is 1.60. The van der Waals surface area contributed by atoms with Crippen LogP contribution in [0.5, 0.6) is 5.75 Å². The van der Waals surface area contributed by atoms with Gasteiger partial charge in [-0.2, -0.15) is 0 Å². The molecule has 0 saturated carbocycles. The Morgan fingerprint density at radius 3 is 2.05 bits per heavy atom. The standard InChI is InChI=1S/C18H29BO3/c1-7-14(15-8-10-16(20-6)11-9-15)12-13-19-21-17(2,3)18(4,5)22-19/h8-11,14H,7,12-13H2,1-6H3/t14-/m1/s1. The number of ether oxygens (including phenoxy) is 1. The highest BCUT2D eigenvalue weighted by Gasteiger charge is 2.50. The highest BCUT2D eigenvalue weighted by Crippen LogP contribution is 2.39. The molecule has 0 spiro atoms. The van der Waals surface area contributed by atoms with E-state index in [1.807, 2.05) is 12.1 Å². The molecule has 22 heavy (non-hydrogen) atoms. The van der Waals surface area contributed by atoms with Crippen molar-refractivity contribution in [1.29, 1.82) is 0 Å². The zero-order valence-electron chi connectivity index (χ0n) is 14.8. The fourth-order valence-electron chi connectivity index (χ4n) is 2.90. The molecule has 0 unspecified atom stereocenters. The summed E-state index contributed by atoms with van der Waals surface area (Å²) in [6.07, 6.45) is 3.11. The first-order valence-electron chi connectivity index (χ1n) is 8.28. The summed E-state index contributed by atoms with van der Waals surface area (Å²) >= 11 is 0. The van der Waals surface area contributed by atoms with E-state index in [1.165, 1.54) is 5.56 Å². The smallest absolute Gasteiger partial charge is 0.457 e. The Morgan fingerprint density at radius 1 is 1.05 bits per heavy atom. The molecule has 4 heteroatoms. The second-order valence-electron chi connectivity index (χ2n) is 7.14. The van der Waals surface area contributed by atoms with Gasteiger partial charge in [0.05, 0.1) is 18.3 Å². The molecule has 0 N–H and O–H groups in total. The maximum absolute atomic E-state index is 6.09. The van der Waals surface area contributed by atoms with Crippen molar-refractivity contribution in [3.63, 3.8) is 0 Å². The fraction of sp³-hybridized carbons (Fsp3) is 0.667. The molecule has 2 rings (SSSR count). The Bertz CT molecular complexity index is 466. The largest absolute Gasteiger partial charge is 0.497 e. The third-order valence-corrected chi connectivity index (χ3v) is 5.13. The van der Waals surface area contributed by atoms with Crippen molar-refractivity contribution >= 4 is 7.12 Å². The maximum Gasteiger partial charge on any atom is 0.457 e. The van der Waals surface area contributed by atoms with Crippen molar-refractivity contribution in [2.75, 3.05) is 7.11 Å². The number of hydrogen-bond donors (Lipinski definition) is 0. The molecular formula is C18H29BO3. The lowest BCUT2D eigenvalue weighted by molar-refractivity contribution is 0.00578. The number of rotatable bonds is 6. The predicted octanol–water partition coefficient (Wildman–Crippen LogP) is 4.67. The van der Waals surface area contributed by atoms with Gasteiger partial charge in [-0.05, 0) is 70.5 Å². The van der Waals surface area contributed by atoms with E-state index in [4.69, 9.17) is 14.0 Å². The molecule has 0 radical (unpaired) electrons. The topological polar surface area (TPSA) is 27.7 Å². The van der Waals surface area contributed by atoms with E-state index in [0.29, 0.717) is 5.92 Å². The van der Waals surface area contributed by atoms with E-state index >= 15 is 0 Å². The first kappa shape index (κ1) is 17.4. The Kier molecular flexibility index (Phi) is 5.23. The van der Waals surface area contributed by atoms with Crippen molar-refractivity contribution in [2.45, 2.75) is 70.9 Å². The van der Waals surface area contributed by atoms with Crippen molar-refractivity contribution in [3.05, 3.63) is 29.8 Å². The normalized spacial score (nSPS) is 20.9. The quantitative estimate of drug-likeness (QED) is 0.715. The fourth-order valence-corrected chi connectivity index (χ4v) is 2.90. The molecule has 1 aliphatic rings. The van der Waals surface area contributed by atoms with Crippen LogP contribution in [0, 0.1) is 0 Å². The molecule has 1 aromatic carbocycles. The van der Waals surface area contributed by atoms with E-state index in [1.54, 1.807) is 7.11 Å².